The van der Waals surface area contributed by atoms with Gasteiger partial charge < -0.3 is 21.8 Å². The normalized spacial score (nSPS) is 9.76. The summed E-state index contributed by atoms with van der Waals surface area (Å²) >= 11 is 1.41. The van der Waals surface area contributed by atoms with Crippen molar-refractivity contribution < 1.29 is 4.79 Å². The smallest absolute Gasteiger partial charge is 0.312 e. The first kappa shape index (κ1) is 13.3. The van der Waals surface area contributed by atoms with Gasteiger partial charge in [-0.1, -0.05) is 11.8 Å². The van der Waals surface area contributed by atoms with Gasteiger partial charge in [0.2, 0.25) is 0 Å². The number of hydrogen-bond donors (Lipinski definition) is 5. The van der Waals surface area contributed by atoms with Crippen LogP contribution in [0.1, 0.15) is 0 Å². The Hall–Kier alpha value is -1.74. The van der Waals surface area contributed by atoms with E-state index in [0.29, 0.717) is 29.9 Å². The van der Waals surface area contributed by atoms with Crippen molar-refractivity contribution in [1.82, 2.24) is 15.3 Å². The second-order valence-corrected chi connectivity index (χ2v) is 3.76. The highest BCUT2D eigenvalue weighted by Crippen LogP contribution is 2.16. The maximum atomic E-state index is 10.4. The number of carbonyl (C=O) groups is 1. The lowest BCUT2D eigenvalue weighted by Gasteiger charge is -2.08. The summed E-state index contributed by atoms with van der Waals surface area (Å²) in [7, 11) is 0. The van der Waals surface area contributed by atoms with E-state index in [1.165, 1.54) is 11.8 Å². The van der Waals surface area contributed by atoms with Crippen molar-refractivity contribution in [3.63, 3.8) is 0 Å². The fraction of sp³-hybridized carbons (Fsp3) is 0.375. The predicted molar refractivity (Wildman–Crippen MR) is 67.7 cm³/mol. The zero-order valence-electron chi connectivity index (χ0n) is 9.36. The third-order valence-electron chi connectivity index (χ3n) is 1.77. The highest BCUT2D eigenvalue weighted by molar-refractivity contribution is 7.98. The molecular formula is C8H15N7OS. The zero-order valence-corrected chi connectivity index (χ0v) is 10.2. The van der Waals surface area contributed by atoms with Crippen LogP contribution < -0.4 is 27.6 Å². The van der Waals surface area contributed by atoms with Gasteiger partial charge in [0.25, 0.3) is 0 Å². The van der Waals surface area contributed by atoms with Gasteiger partial charge in [0.15, 0.2) is 5.16 Å². The number of hydrogen-bond acceptors (Lipinski definition) is 7. The van der Waals surface area contributed by atoms with E-state index >= 15 is 0 Å². The van der Waals surface area contributed by atoms with E-state index in [1.807, 2.05) is 6.26 Å². The van der Waals surface area contributed by atoms with Gasteiger partial charge in [0, 0.05) is 19.2 Å². The lowest BCUT2D eigenvalue weighted by molar-refractivity contribution is 0.249. The van der Waals surface area contributed by atoms with Gasteiger partial charge in [-0.2, -0.15) is 0 Å². The van der Waals surface area contributed by atoms with E-state index in [2.05, 4.69) is 26.0 Å². The molecule has 0 aliphatic heterocycles. The number of rotatable bonds is 6. The molecule has 1 aromatic heterocycles. The molecule has 0 atom stereocenters. The molecule has 0 unspecified atom stereocenters. The Bertz CT molecular complexity index is 364. The molecule has 0 aromatic carbocycles. The van der Waals surface area contributed by atoms with E-state index in [4.69, 9.17) is 11.6 Å². The summed E-state index contributed by atoms with van der Waals surface area (Å²) in [5.41, 5.74) is 7.39. The second kappa shape index (κ2) is 6.76. The summed E-state index contributed by atoms with van der Waals surface area (Å²) in [5, 5.41) is 6.08. The van der Waals surface area contributed by atoms with Crippen LogP contribution in [-0.4, -0.2) is 35.3 Å². The van der Waals surface area contributed by atoms with Crippen LogP contribution in [0.4, 0.5) is 16.4 Å². The molecule has 0 saturated carbocycles. The third-order valence-corrected chi connectivity index (χ3v) is 2.31. The van der Waals surface area contributed by atoms with Crippen LogP contribution in [-0.2, 0) is 0 Å². The summed E-state index contributed by atoms with van der Waals surface area (Å²) in [5.74, 6) is 6.44. The SMILES string of the molecule is CSc1nc(NN)cc(NCCNC(N)=O)n1. The molecule has 0 aliphatic rings. The maximum Gasteiger partial charge on any atom is 0.312 e. The fourth-order valence-corrected chi connectivity index (χ4v) is 1.44. The average molecular weight is 257 g/mol. The lowest BCUT2D eigenvalue weighted by atomic mass is 10.5. The molecule has 9 heteroatoms. The van der Waals surface area contributed by atoms with E-state index in [1.54, 1.807) is 6.07 Å². The maximum absolute atomic E-state index is 10.4. The molecule has 8 nitrogen and oxygen atoms in total. The first-order valence-corrected chi connectivity index (χ1v) is 6.05. The number of nitrogens with one attached hydrogen (secondary N) is 3. The lowest BCUT2D eigenvalue weighted by Crippen LogP contribution is -2.33. The number of primary amides is 1. The minimum atomic E-state index is -0.552. The number of nitrogens with zero attached hydrogens (tertiary/aromatic N) is 2. The Morgan fingerprint density at radius 2 is 2.12 bits per heavy atom. The van der Waals surface area contributed by atoms with Crippen LogP contribution in [0.25, 0.3) is 0 Å². The summed E-state index contributed by atoms with van der Waals surface area (Å²) in [6.45, 7) is 0.928. The van der Waals surface area contributed by atoms with Crippen LogP contribution >= 0.6 is 11.8 Å². The van der Waals surface area contributed by atoms with Crippen molar-refractivity contribution in [2.24, 2.45) is 11.6 Å². The van der Waals surface area contributed by atoms with Crippen LogP contribution in [0.5, 0.6) is 0 Å². The van der Waals surface area contributed by atoms with Gasteiger partial charge in [0.05, 0.1) is 0 Å². The molecule has 0 saturated heterocycles. The zero-order chi connectivity index (χ0) is 12.7. The van der Waals surface area contributed by atoms with Crippen molar-refractivity contribution >= 4 is 29.4 Å². The van der Waals surface area contributed by atoms with Gasteiger partial charge in [-0.15, -0.1) is 0 Å². The molecule has 2 amide bonds. The van der Waals surface area contributed by atoms with E-state index in [9.17, 15) is 4.79 Å². The Balaban J connectivity index is 2.54. The van der Waals surface area contributed by atoms with E-state index < -0.39 is 6.03 Å². The van der Waals surface area contributed by atoms with Crippen molar-refractivity contribution in [3.8, 4) is 0 Å². The van der Waals surface area contributed by atoms with Gasteiger partial charge in [-0.3, -0.25) is 0 Å². The monoisotopic (exact) mass is 257 g/mol. The number of thioether (sulfide) groups is 1. The highest BCUT2D eigenvalue weighted by atomic mass is 32.2. The molecule has 1 aromatic rings. The molecule has 0 radical (unpaired) electrons. The third kappa shape index (κ3) is 4.74. The fourth-order valence-electron chi connectivity index (χ4n) is 1.06. The van der Waals surface area contributed by atoms with Crippen LogP contribution in [0, 0.1) is 0 Å². The number of hydrazine groups is 1. The minimum Gasteiger partial charge on any atom is -0.368 e. The first-order chi connectivity index (χ1) is 8.15. The topological polar surface area (TPSA) is 131 Å². The number of urea groups is 1. The molecule has 17 heavy (non-hydrogen) atoms. The van der Waals surface area contributed by atoms with Crippen molar-refractivity contribution in [1.29, 1.82) is 0 Å². The Morgan fingerprint density at radius 1 is 1.41 bits per heavy atom. The summed E-state index contributed by atoms with van der Waals surface area (Å²) in [6, 6.07) is 1.12. The van der Waals surface area contributed by atoms with Crippen molar-refractivity contribution in [2.75, 3.05) is 30.1 Å². The molecule has 1 rings (SSSR count). The minimum absolute atomic E-state index is 0.416. The van der Waals surface area contributed by atoms with Crippen molar-refractivity contribution in [2.45, 2.75) is 5.16 Å². The highest BCUT2D eigenvalue weighted by Gasteiger charge is 2.02. The summed E-state index contributed by atoms with van der Waals surface area (Å²) in [6.07, 6.45) is 1.87. The largest absolute Gasteiger partial charge is 0.368 e. The number of amides is 2. The number of carbonyl (C=O) groups excluding carboxylic acids is 1. The van der Waals surface area contributed by atoms with Crippen LogP contribution in [0.2, 0.25) is 0 Å². The molecular weight excluding hydrogens is 242 g/mol. The molecule has 0 bridgehead atoms. The Morgan fingerprint density at radius 3 is 2.71 bits per heavy atom. The number of aromatic nitrogens is 2. The number of anilines is 2. The summed E-state index contributed by atoms with van der Waals surface area (Å²) < 4.78 is 0. The Labute approximate surface area is 103 Å². The molecule has 0 aliphatic carbocycles. The quantitative estimate of drug-likeness (QED) is 0.153. The standard InChI is InChI=1S/C8H15N7OS/c1-17-8-13-5(4-6(14-8)15-10)11-2-3-12-7(9)16/h4H,2-3,10H2,1H3,(H3,9,12,16)(H2,11,13,14,15). The van der Waals surface area contributed by atoms with Gasteiger partial charge in [0.1, 0.15) is 11.6 Å². The van der Waals surface area contributed by atoms with Crippen LogP contribution in [0.3, 0.4) is 0 Å². The average Bonchev–Trinajstić information content (AvgIpc) is 2.34. The van der Waals surface area contributed by atoms with E-state index in [0.717, 1.165) is 0 Å². The predicted octanol–water partition coefficient (Wildman–Crippen LogP) is -0.436. The molecule has 0 fully saturated rings. The Kier molecular flexibility index (Phi) is 5.30. The molecule has 94 valence electrons. The summed E-state index contributed by atoms with van der Waals surface area (Å²) in [4.78, 5) is 18.8. The van der Waals surface area contributed by atoms with Gasteiger partial charge in [-0.25, -0.2) is 20.6 Å². The first-order valence-electron chi connectivity index (χ1n) is 4.82. The molecule has 1 heterocycles. The molecule has 7 N–H and O–H groups in total. The van der Waals surface area contributed by atoms with Gasteiger partial charge in [-0.05, 0) is 6.26 Å². The second-order valence-electron chi connectivity index (χ2n) is 2.99. The van der Waals surface area contributed by atoms with Crippen LogP contribution in [0.15, 0.2) is 11.2 Å². The van der Waals surface area contributed by atoms with Crippen molar-refractivity contribution in [3.05, 3.63) is 6.07 Å². The van der Waals surface area contributed by atoms with Gasteiger partial charge >= 0.3 is 6.03 Å². The number of nitrogen functional groups attached to an aromatic ring is 1. The number of nitrogens with two attached hydrogens (primary N) is 2. The van der Waals surface area contributed by atoms with E-state index in [-0.39, 0.29) is 0 Å². The molecule has 0 spiro atoms.